The monoisotopic (exact) mass is 149 g/mol. The van der Waals surface area contributed by atoms with Gasteiger partial charge in [0.2, 0.25) is 0 Å². The zero-order chi connectivity index (χ0) is 7.28. The molecule has 0 fully saturated rings. The van der Waals surface area contributed by atoms with E-state index in [0.717, 1.165) is 0 Å². The van der Waals surface area contributed by atoms with Gasteiger partial charge in [-0.25, -0.2) is 0 Å². The van der Waals surface area contributed by atoms with E-state index in [0.29, 0.717) is 6.42 Å². The molecule has 53 valence electrons. The number of carbonyl (C=O) groups excluding carboxylic acids is 1. The summed E-state index contributed by atoms with van der Waals surface area (Å²) < 4.78 is 4.56. The molecule has 0 aliphatic rings. The van der Waals surface area contributed by atoms with Crippen molar-refractivity contribution in [2.45, 2.75) is 25.8 Å². The molecule has 0 aliphatic carbocycles. The van der Waals surface area contributed by atoms with E-state index in [1.807, 2.05) is 6.92 Å². The van der Waals surface area contributed by atoms with Crippen molar-refractivity contribution in [2.24, 2.45) is 0 Å². The van der Waals surface area contributed by atoms with E-state index < -0.39 is 5.56 Å². The van der Waals surface area contributed by atoms with Gasteiger partial charge >= 0.3 is 5.97 Å². The predicted octanol–water partition coefficient (Wildman–Crippen LogP) is 1.73. The summed E-state index contributed by atoms with van der Waals surface area (Å²) in [5.74, 6) is -0.347. The molecule has 1 atom stereocenters. The standard InChI is InChI=1S/C6H10ClO2/c1-3-4-6(8)9-5(2)7/h4-5H,3H2,1-2H3. The Hall–Kier alpha value is -0.240. The fourth-order valence-electron chi connectivity index (χ4n) is 0.375. The van der Waals surface area contributed by atoms with Crippen molar-refractivity contribution < 1.29 is 9.53 Å². The Labute approximate surface area is 60.1 Å². The Morgan fingerprint density at radius 2 is 2.44 bits per heavy atom. The molecule has 1 unspecified atom stereocenters. The molecule has 1 radical (unpaired) electrons. The SMILES string of the molecule is CC[CH]C(=O)OC(C)Cl. The lowest BCUT2D eigenvalue weighted by atomic mass is 10.3. The summed E-state index contributed by atoms with van der Waals surface area (Å²) in [4.78, 5) is 10.5. The minimum absolute atomic E-state index is 0.347. The molecule has 0 amide bonds. The first-order valence-corrected chi connectivity index (χ1v) is 3.28. The number of esters is 1. The highest BCUT2D eigenvalue weighted by Crippen LogP contribution is 1.98. The van der Waals surface area contributed by atoms with Crippen LogP contribution in [0.2, 0.25) is 0 Å². The fraction of sp³-hybridized carbons (Fsp3) is 0.667. The van der Waals surface area contributed by atoms with Crippen molar-refractivity contribution in [3.8, 4) is 0 Å². The van der Waals surface area contributed by atoms with Crippen molar-refractivity contribution in [3.05, 3.63) is 6.42 Å². The van der Waals surface area contributed by atoms with Crippen LogP contribution in [-0.2, 0) is 9.53 Å². The average molecular weight is 150 g/mol. The van der Waals surface area contributed by atoms with Crippen LogP contribution in [0.1, 0.15) is 20.3 Å². The van der Waals surface area contributed by atoms with E-state index in [-0.39, 0.29) is 5.97 Å². The Bertz CT molecular complexity index is 91.1. The zero-order valence-electron chi connectivity index (χ0n) is 5.56. The normalized spacial score (nSPS) is 12.8. The van der Waals surface area contributed by atoms with Gasteiger partial charge in [-0.2, -0.15) is 0 Å². The fourth-order valence-corrected chi connectivity index (χ4v) is 0.463. The molecule has 0 heterocycles. The third-order valence-electron chi connectivity index (χ3n) is 0.649. The third kappa shape index (κ3) is 5.63. The Balaban J connectivity index is 3.27. The Morgan fingerprint density at radius 3 is 2.78 bits per heavy atom. The molecular weight excluding hydrogens is 140 g/mol. The molecule has 0 aromatic carbocycles. The molecule has 2 nitrogen and oxygen atoms in total. The lowest BCUT2D eigenvalue weighted by molar-refractivity contribution is -0.140. The van der Waals surface area contributed by atoms with E-state index in [2.05, 4.69) is 4.74 Å². The maximum absolute atomic E-state index is 10.5. The molecule has 0 saturated carbocycles. The van der Waals surface area contributed by atoms with Gasteiger partial charge in [0, 0.05) is 0 Å². The van der Waals surface area contributed by atoms with Crippen LogP contribution in [0.4, 0.5) is 0 Å². The van der Waals surface area contributed by atoms with Gasteiger partial charge in [0.15, 0.2) is 5.56 Å². The van der Waals surface area contributed by atoms with Crippen LogP contribution in [0.5, 0.6) is 0 Å². The van der Waals surface area contributed by atoms with Crippen LogP contribution in [0, 0.1) is 6.42 Å². The molecular formula is C6H10ClO2. The molecule has 3 heteroatoms. The minimum Gasteiger partial charge on any atom is -0.446 e. The topological polar surface area (TPSA) is 26.3 Å². The van der Waals surface area contributed by atoms with Crippen LogP contribution in [0.3, 0.4) is 0 Å². The molecule has 0 aliphatic heterocycles. The summed E-state index contributed by atoms with van der Waals surface area (Å²) in [6, 6.07) is 0. The van der Waals surface area contributed by atoms with Crippen molar-refractivity contribution in [2.75, 3.05) is 0 Å². The smallest absolute Gasteiger partial charge is 0.311 e. The Kier molecular flexibility index (Phi) is 4.50. The first-order valence-electron chi connectivity index (χ1n) is 2.84. The number of hydrogen-bond acceptors (Lipinski definition) is 2. The number of hydrogen-bond donors (Lipinski definition) is 0. The van der Waals surface area contributed by atoms with E-state index in [1.165, 1.54) is 6.42 Å². The molecule has 0 N–H and O–H groups in total. The number of rotatable bonds is 3. The van der Waals surface area contributed by atoms with Gasteiger partial charge in [0.05, 0.1) is 6.42 Å². The second kappa shape index (κ2) is 4.62. The van der Waals surface area contributed by atoms with Crippen LogP contribution >= 0.6 is 11.6 Å². The predicted molar refractivity (Wildman–Crippen MR) is 36.0 cm³/mol. The maximum Gasteiger partial charge on any atom is 0.311 e. The second-order valence-corrected chi connectivity index (χ2v) is 2.21. The lowest BCUT2D eigenvalue weighted by Gasteiger charge is -2.03. The molecule has 0 aromatic heterocycles. The Morgan fingerprint density at radius 1 is 1.89 bits per heavy atom. The summed E-state index contributed by atoms with van der Waals surface area (Å²) >= 11 is 5.35. The van der Waals surface area contributed by atoms with Crippen LogP contribution < -0.4 is 0 Å². The number of halogens is 1. The van der Waals surface area contributed by atoms with Crippen molar-refractivity contribution >= 4 is 17.6 Å². The summed E-state index contributed by atoms with van der Waals surface area (Å²) in [6.45, 7) is 3.46. The molecule has 9 heavy (non-hydrogen) atoms. The van der Waals surface area contributed by atoms with E-state index in [1.54, 1.807) is 6.92 Å². The molecule has 0 spiro atoms. The maximum atomic E-state index is 10.5. The average Bonchev–Trinajstić information content (AvgIpc) is 1.63. The van der Waals surface area contributed by atoms with Gasteiger partial charge < -0.3 is 4.74 Å². The van der Waals surface area contributed by atoms with Crippen LogP contribution in [-0.4, -0.2) is 11.5 Å². The molecule has 0 aromatic rings. The van der Waals surface area contributed by atoms with E-state index >= 15 is 0 Å². The summed E-state index contributed by atoms with van der Waals surface area (Å²) in [5.41, 5.74) is -0.528. The number of carbonyl (C=O) groups is 1. The van der Waals surface area contributed by atoms with Crippen LogP contribution in [0.25, 0.3) is 0 Å². The van der Waals surface area contributed by atoms with E-state index in [9.17, 15) is 4.79 Å². The van der Waals surface area contributed by atoms with Crippen molar-refractivity contribution in [1.29, 1.82) is 0 Å². The van der Waals surface area contributed by atoms with E-state index in [4.69, 9.17) is 11.6 Å². The molecule has 0 rings (SSSR count). The molecule has 0 saturated heterocycles. The quantitative estimate of drug-likeness (QED) is 0.451. The van der Waals surface area contributed by atoms with Gasteiger partial charge in [0.25, 0.3) is 0 Å². The highest BCUT2D eigenvalue weighted by Gasteiger charge is 2.03. The van der Waals surface area contributed by atoms with Gasteiger partial charge in [-0.15, -0.1) is 0 Å². The summed E-state index contributed by atoms with van der Waals surface area (Å²) in [5, 5.41) is 0. The van der Waals surface area contributed by atoms with Gasteiger partial charge in [-0.1, -0.05) is 18.5 Å². The zero-order valence-corrected chi connectivity index (χ0v) is 6.31. The van der Waals surface area contributed by atoms with Gasteiger partial charge in [-0.05, 0) is 13.3 Å². The van der Waals surface area contributed by atoms with Gasteiger partial charge in [-0.3, -0.25) is 4.79 Å². The van der Waals surface area contributed by atoms with Crippen molar-refractivity contribution in [3.63, 3.8) is 0 Å². The molecule has 0 bridgehead atoms. The first-order chi connectivity index (χ1) is 4.16. The third-order valence-corrected chi connectivity index (χ3v) is 0.738. The highest BCUT2D eigenvalue weighted by molar-refractivity contribution is 6.20. The number of alkyl halides is 1. The lowest BCUT2D eigenvalue weighted by Crippen LogP contribution is -2.08. The van der Waals surface area contributed by atoms with Crippen molar-refractivity contribution in [1.82, 2.24) is 0 Å². The second-order valence-electron chi connectivity index (χ2n) is 1.59. The first kappa shape index (κ1) is 8.76. The number of ether oxygens (including phenoxy) is 1. The summed E-state index contributed by atoms with van der Waals surface area (Å²) in [6.07, 6.45) is 2.13. The van der Waals surface area contributed by atoms with Gasteiger partial charge in [0.1, 0.15) is 0 Å². The van der Waals surface area contributed by atoms with Crippen LogP contribution in [0.15, 0.2) is 0 Å². The largest absolute Gasteiger partial charge is 0.446 e. The highest BCUT2D eigenvalue weighted by atomic mass is 35.5. The minimum atomic E-state index is -0.528. The summed E-state index contributed by atoms with van der Waals surface area (Å²) in [7, 11) is 0.